The van der Waals surface area contributed by atoms with Gasteiger partial charge in [-0.25, -0.2) is 0 Å². The third-order valence-corrected chi connectivity index (χ3v) is 4.23. The van der Waals surface area contributed by atoms with Crippen LogP contribution in [0, 0.1) is 11.3 Å². The van der Waals surface area contributed by atoms with Gasteiger partial charge in [0.25, 0.3) is 5.91 Å². The summed E-state index contributed by atoms with van der Waals surface area (Å²) in [4.78, 5) is 15.5. The number of H-pyrrole nitrogens is 1. The minimum absolute atomic E-state index is 0.0268. The monoisotopic (exact) mass is 256 g/mol. The topological polar surface area (TPSA) is 44.9 Å². The summed E-state index contributed by atoms with van der Waals surface area (Å²) < 4.78 is 0. The van der Waals surface area contributed by atoms with Gasteiger partial charge in [0.1, 0.15) is 0 Å². The van der Waals surface area contributed by atoms with Crippen molar-refractivity contribution in [2.75, 3.05) is 6.54 Å². The van der Waals surface area contributed by atoms with Gasteiger partial charge in [-0.15, -0.1) is 0 Å². The number of nitrogens with one attached hydrogen (secondary N) is 2. The Balaban J connectivity index is 1.75. The molecule has 0 atom stereocenters. The number of aromatic amines is 1. The van der Waals surface area contributed by atoms with Gasteiger partial charge in [0.15, 0.2) is 0 Å². The van der Waals surface area contributed by atoms with Gasteiger partial charge in [0.05, 0.1) is 0 Å². The largest absolute Gasteiger partial charge is 0.361 e. The minimum atomic E-state index is 0.0268. The molecule has 2 aromatic rings. The standard InChI is InChI=1S/C16H20N2O/c1-16(2,11-6-7-11)10-18-15(19)13-4-3-5-14-12(13)8-9-17-14/h3-5,8-9,11,17H,6-7,10H2,1-2H3,(H,18,19). The molecule has 1 fully saturated rings. The van der Waals surface area contributed by atoms with E-state index in [1.165, 1.54) is 12.8 Å². The Morgan fingerprint density at radius 2 is 2.16 bits per heavy atom. The van der Waals surface area contributed by atoms with Crippen molar-refractivity contribution >= 4 is 16.8 Å². The molecule has 1 heterocycles. The number of hydrogen-bond acceptors (Lipinski definition) is 1. The lowest BCUT2D eigenvalue weighted by Crippen LogP contribution is -2.35. The highest BCUT2D eigenvalue weighted by Gasteiger charge is 2.37. The maximum atomic E-state index is 12.3. The molecule has 1 amide bonds. The molecule has 0 unspecified atom stereocenters. The molecule has 1 aromatic heterocycles. The highest BCUT2D eigenvalue weighted by atomic mass is 16.1. The van der Waals surface area contributed by atoms with Crippen molar-refractivity contribution in [2.24, 2.45) is 11.3 Å². The molecule has 1 aliphatic carbocycles. The molecule has 1 saturated carbocycles. The number of benzene rings is 1. The molecule has 0 saturated heterocycles. The van der Waals surface area contributed by atoms with Crippen molar-refractivity contribution < 1.29 is 4.79 Å². The van der Waals surface area contributed by atoms with E-state index in [4.69, 9.17) is 0 Å². The molecule has 0 bridgehead atoms. The SMILES string of the molecule is CC(C)(CNC(=O)c1cccc2[nH]ccc12)C1CC1. The molecule has 3 nitrogen and oxygen atoms in total. The van der Waals surface area contributed by atoms with Crippen molar-refractivity contribution in [1.82, 2.24) is 10.3 Å². The van der Waals surface area contributed by atoms with Gasteiger partial charge < -0.3 is 10.3 Å². The van der Waals surface area contributed by atoms with Crippen LogP contribution in [0.15, 0.2) is 30.5 Å². The number of hydrogen-bond donors (Lipinski definition) is 2. The van der Waals surface area contributed by atoms with Crippen molar-refractivity contribution in [1.29, 1.82) is 0 Å². The maximum absolute atomic E-state index is 12.3. The third-order valence-electron chi connectivity index (χ3n) is 4.23. The van der Waals surface area contributed by atoms with Gasteiger partial charge in [-0.1, -0.05) is 19.9 Å². The fourth-order valence-electron chi connectivity index (χ4n) is 2.70. The number of carbonyl (C=O) groups is 1. The molecule has 0 aliphatic heterocycles. The molecule has 1 aromatic carbocycles. The van der Waals surface area contributed by atoms with E-state index in [-0.39, 0.29) is 11.3 Å². The fraction of sp³-hybridized carbons (Fsp3) is 0.438. The summed E-state index contributed by atoms with van der Waals surface area (Å²) in [6, 6.07) is 7.74. The third kappa shape index (κ3) is 2.37. The van der Waals surface area contributed by atoms with E-state index in [9.17, 15) is 4.79 Å². The smallest absolute Gasteiger partial charge is 0.251 e. The van der Waals surface area contributed by atoms with Crippen LogP contribution in [0.1, 0.15) is 37.0 Å². The van der Waals surface area contributed by atoms with Crippen LogP contribution in [0.2, 0.25) is 0 Å². The zero-order valence-corrected chi connectivity index (χ0v) is 11.5. The molecular weight excluding hydrogens is 236 g/mol. The Morgan fingerprint density at radius 1 is 1.37 bits per heavy atom. The highest BCUT2D eigenvalue weighted by molar-refractivity contribution is 6.06. The molecule has 100 valence electrons. The number of fused-ring (bicyclic) bond motifs is 1. The van der Waals surface area contributed by atoms with Gasteiger partial charge in [0, 0.05) is 29.2 Å². The summed E-state index contributed by atoms with van der Waals surface area (Å²) in [5.74, 6) is 0.801. The zero-order chi connectivity index (χ0) is 13.5. The number of rotatable bonds is 4. The molecule has 1 aliphatic rings. The van der Waals surface area contributed by atoms with Crippen LogP contribution in [0.5, 0.6) is 0 Å². The summed E-state index contributed by atoms with van der Waals surface area (Å²) in [5, 5.41) is 4.08. The number of amides is 1. The van der Waals surface area contributed by atoms with Crippen LogP contribution in [-0.2, 0) is 0 Å². The van der Waals surface area contributed by atoms with Gasteiger partial charge in [-0.05, 0) is 42.4 Å². The van der Waals surface area contributed by atoms with E-state index < -0.39 is 0 Å². The molecule has 3 rings (SSSR count). The first-order chi connectivity index (χ1) is 9.08. The molecular formula is C16H20N2O. The van der Waals surface area contributed by atoms with Gasteiger partial charge >= 0.3 is 0 Å². The van der Waals surface area contributed by atoms with E-state index in [2.05, 4.69) is 24.1 Å². The Morgan fingerprint density at radius 3 is 2.89 bits per heavy atom. The average Bonchev–Trinajstić information content (AvgIpc) is 3.15. The number of aromatic nitrogens is 1. The first kappa shape index (κ1) is 12.3. The predicted octanol–water partition coefficient (Wildman–Crippen LogP) is 3.33. The van der Waals surface area contributed by atoms with Crippen molar-refractivity contribution in [3.05, 3.63) is 36.0 Å². The predicted molar refractivity (Wildman–Crippen MR) is 77.1 cm³/mol. The fourth-order valence-corrected chi connectivity index (χ4v) is 2.70. The van der Waals surface area contributed by atoms with Gasteiger partial charge in [-0.2, -0.15) is 0 Å². The lowest BCUT2D eigenvalue weighted by atomic mass is 9.87. The van der Waals surface area contributed by atoms with Crippen LogP contribution in [0.3, 0.4) is 0 Å². The Kier molecular flexibility index (Phi) is 2.85. The van der Waals surface area contributed by atoms with Crippen LogP contribution < -0.4 is 5.32 Å². The van der Waals surface area contributed by atoms with E-state index in [1.54, 1.807) is 0 Å². The van der Waals surface area contributed by atoms with Crippen LogP contribution >= 0.6 is 0 Å². The molecule has 19 heavy (non-hydrogen) atoms. The van der Waals surface area contributed by atoms with Crippen LogP contribution in [0.4, 0.5) is 0 Å². The van der Waals surface area contributed by atoms with E-state index >= 15 is 0 Å². The summed E-state index contributed by atoms with van der Waals surface area (Å²) in [6.07, 6.45) is 4.47. The summed E-state index contributed by atoms with van der Waals surface area (Å²) in [6.45, 7) is 5.22. The highest BCUT2D eigenvalue weighted by Crippen LogP contribution is 2.44. The van der Waals surface area contributed by atoms with Crippen LogP contribution in [-0.4, -0.2) is 17.4 Å². The lowest BCUT2D eigenvalue weighted by Gasteiger charge is -2.24. The molecule has 0 radical (unpaired) electrons. The molecule has 2 N–H and O–H groups in total. The second-order valence-electron chi connectivity index (χ2n) is 6.19. The van der Waals surface area contributed by atoms with Gasteiger partial charge in [-0.3, -0.25) is 4.79 Å². The quantitative estimate of drug-likeness (QED) is 0.866. The Bertz CT molecular complexity index is 608. The maximum Gasteiger partial charge on any atom is 0.251 e. The van der Waals surface area contributed by atoms with Crippen molar-refractivity contribution in [3.8, 4) is 0 Å². The summed E-state index contributed by atoms with van der Waals surface area (Å²) in [7, 11) is 0. The first-order valence-electron chi connectivity index (χ1n) is 6.92. The Hall–Kier alpha value is -1.77. The van der Waals surface area contributed by atoms with Crippen molar-refractivity contribution in [2.45, 2.75) is 26.7 Å². The molecule has 3 heteroatoms. The number of carbonyl (C=O) groups excluding carboxylic acids is 1. The van der Waals surface area contributed by atoms with Crippen molar-refractivity contribution in [3.63, 3.8) is 0 Å². The second kappa shape index (κ2) is 4.41. The average molecular weight is 256 g/mol. The van der Waals surface area contributed by atoms with Gasteiger partial charge in [0.2, 0.25) is 0 Å². The first-order valence-corrected chi connectivity index (χ1v) is 6.92. The lowest BCUT2D eigenvalue weighted by molar-refractivity contribution is 0.0933. The second-order valence-corrected chi connectivity index (χ2v) is 6.19. The summed E-state index contributed by atoms with van der Waals surface area (Å²) >= 11 is 0. The summed E-state index contributed by atoms with van der Waals surface area (Å²) in [5.41, 5.74) is 1.97. The minimum Gasteiger partial charge on any atom is -0.361 e. The normalized spacial score (nSPS) is 15.7. The zero-order valence-electron chi connectivity index (χ0n) is 11.5. The van der Waals surface area contributed by atoms with Crippen LogP contribution in [0.25, 0.3) is 10.9 Å². The molecule has 0 spiro atoms. The van der Waals surface area contributed by atoms with E-state index in [0.717, 1.165) is 28.9 Å². The van der Waals surface area contributed by atoms with E-state index in [0.29, 0.717) is 0 Å². The Labute approximate surface area is 113 Å². The van der Waals surface area contributed by atoms with E-state index in [1.807, 2.05) is 30.5 Å².